The summed E-state index contributed by atoms with van der Waals surface area (Å²) in [7, 11) is 0. The minimum atomic E-state index is -0.384. The smallest absolute Gasteiger partial charge is 0.407 e. The van der Waals surface area contributed by atoms with Crippen molar-refractivity contribution in [1.82, 2.24) is 20.5 Å². The van der Waals surface area contributed by atoms with Gasteiger partial charge in [0.15, 0.2) is 0 Å². The predicted octanol–water partition coefficient (Wildman–Crippen LogP) is 3.62. The number of amides is 1. The second-order valence-electron chi connectivity index (χ2n) is 5.53. The minimum Gasteiger partial charge on any atom is -0.445 e. The molecule has 0 aliphatic rings. The lowest BCUT2D eigenvalue weighted by Gasteiger charge is -2.06. The lowest BCUT2D eigenvalue weighted by molar-refractivity contribution is 0.140. The Morgan fingerprint density at radius 2 is 2.15 bits per heavy atom. The first-order valence-electron chi connectivity index (χ1n) is 8.23. The highest BCUT2D eigenvalue weighted by atomic mass is 32.2. The number of hydrogen-bond donors (Lipinski definition) is 2. The summed E-state index contributed by atoms with van der Waals surface area (Å²) < 4.78 is 5.17. The third kappa shape index (κ3) is 6.20. The van der Waals surface area contributed by atoms with Crippen molar-refractivity contribution >= 4 is 29.2 Å². The van der Waals surface area contributed by atoms with E-state index in [0.717, 1.165) is 39.9 Å². The van der Waals surface area contributed by atoms with Crippen molar-refractivity contribution in [3.63, 3.8) is 0 Å². The van der Waals surface area contributed by atoms with Crippen molar-refractivity contribution in [2.75, 3.05) is 12.3 Å². The van der Waals surface area contributed by atoms with Crippen molar-refractivity contribution in [2.24, 2.45) is 0 Å². The van der Waals surface area contributed by atoms with Crippen LogP contribution >= 0.6 is 23.1 Å². The zero-order valence-electron chi connectivity index (χ0n) is 14.2. The summed E-state index contributed by atoms with van der Waals surface area (Å²) >= 11 is 3.40. The number of rotatable bonds is 9. The predicted molar refractivity (Wildman–Crippen MR) is 104 cm³/mol. The van der Waals surface area contributed by atoms with Gasteiger partial charge in [0.25, 0.3) is 0 Å². The number of aromatic nitrogens is 3. The molecule has 136 valence electrons. The van der Waals surface area contributed by atoms with E-state index in [1.807, 2.05) is 36.4 Å². The van der Waals surface area contributed by atoms with Crippen LogP contribution in [0.3, 0.4) is 0 Å². The van der Waals surface area contributed by atoms with Gasteiger partial charge in [0.2, 0.25) is 0 Å². The molecule has 0 spiro atoms. The highest BCUT2D eigenvalue weighted by molar-refractivity contribution is 7.98. The van der Waals surface area contributed by atoms with Crippen LogP contribution in [0.25, 0.3) is 0 Å². The molecule has 1 amide bonds. The Kier molecular flexibility index (Phi) is 7.09. The number of alkyl carbamates (subject to hydrolysis) is 1. The number of ether oxygens (including phenoxy) is 1. The van der Waals surface area contributed by atoms with E-state index in [4.69, 9.17) is 4.74 Å². The lowest BCUT2D eigenvalue weighted by Crippen LogP contribution is -2.26. The van der Waals surface area contributed by atoms with Crippen molar-refractivity contribution in [3.8, 4) is 0 Å². The van der Waals surface area contributed by atoms with Gasteiger partial charge < -0.3 is 10.1 Å². The summed E-state index contributed by atoms with van der Waals surface area (Å²) in [4.78, 5) is 16.3. The number of benzene rings is 1. The van der Waals surface area contributed by atoms with Crippen LogP contribution in [0.4, 0.5) is 4.79 Å². The van der Waals surface area contributed by atoms with Crippen LogP contribution in [0.5, 0.6) is 0 Å². The average molecular weight is 389 g/mol. The first kappa shape index (κ1) is 18.5. The van der Waals surface area contributed by atoms with E-state index in [1.165, 1.54) is 0 Å². The van der Waals surface area contributed by atoms with Crippen LogP contribution in [0, 0.1) is 0 Å². The Morgan fingerprint density at radius 1 is 1.27 bits per heavy atom. The van der Waals surface area contributed by atoms with Gasteiger partial charge in [-0.25, -0.2) is 9.78 Å². The van der Waals surface area contributed by atoms with Gasteiger partial charge in [0, 0.05) is 41.7 Å². The summed E-state index contributed by atoms with van der Waals surface area (Å²) in [5, 5.41) is 12.8. The number of nitrogens with zero attached hydrogens (tertiary/aromatic N) is 2. The molecule has 26 heavy (non-hydrogen) atoms. The van der Waals surface area contributed by atoms with Crippen LogP contribution in [0.15, 0.2) is 48.0 Å². The van der Waals surface area contributed by atoms with Crippen LogP contribution in [0.2, 0.25) is 0 Å². The van der Waals surface area contributed by atoms with E-state index < -0.39 is 0 Å². The number of hydrogen-bond acceptors (Lipinski definition) is 6. The van der Waals surface area contributed by atoms with Gasteiger partial charge in [0.05, 0.1) is 10.7 Å². The minimum absolute atomic E-state index is 0.289. The molecule has 0 saturated heterocycles. The number of carbonyl (C=O) groups excluding carboxylic acids is 1. The molecule has 2 N–H and O–H groups in total. The molecule has 0 saturated carbocycles. The standard InChI is InChI=1S/C18H20N4O2S2/c23-18(24-11-14-4-2-1-3-5-14)19-8-9-25-12-16-13-26-17(21-16)10-15-6-7-20-22-15/h1-7,13H,8-12H2,(H,19,23)(H,20,22). The van der Waals surface area contributed by atoms with Crippen LogP contribution in [-0.4, -0.2) is 33.6 Å². The zero-order chi connectivity index (χ0) is 18.0. The van der Waals surface area contributed by atoms with Crippen LogP contribution in [-0.2, 0) is 23.5 Å². The van der Waals surface area contributed by atoms with Crippen LogP contribution < -0.4 is 5.32 Å². The van der Waals surface area contributed by atoms with Crippen molar-refractivity contribution in [1.29, 1.82) is 0 Å². The molecule has 0 aliphatic heterocycles. The Labute approximate surface area is 160 Å². The van der Waals surface area contributed by atoms with Crippen molar-refractivity contribution in [2.45, 2.75) is 18.8 Å². The van der Waals surface area contributed by atoms with E-state index in [9.17, 15) is 4.79 Å². The van der Waals surface area contributed by atoms with Gasteiger partial charge in [-0.3, -0.25) is 5.10 Å². The molecular formula is C18H20N4O2S2. The first-order chi connectivity index (χ1) is 12.8. The molecule has 6 nitrogen and oxygen atoms in total. The third-order valence-electron chi connectivity index (χ3n) is 3.48. The normalized spacial score (nSPS) is 10.6. The summed E-state index contributed by atoms with van der Waals surface area (Å²) in [5.74, 6) is 1.65. The summed E-state index contributed by atoms with van der Waals surface area (Å²) in [6, 6.07) is 11.6. The maximum Gasteiger partial charge on any atom is 0.407 e. The summed E-state index contributed by atoms with van der Waals surface area (Å²) in [6.45, 7) is 0.862. The molecule has 0 radical (unpaired) electrons. The molecule has 3 rings (SSSR count). The molecule has 2 aromatic heterocycles. The Morgan fingerprint density at radius 3 is 2.96 bits per heavy atom. The Hall–Kier alpha value is -2.32. The fourth-order valence-electron chi connectivity index (χ4n) is 2.22. The molecule has 0 bridgehead atoms. The molecule has 0 unspecified atom stereocenters. The zero-order valence-corrected chi connectivity index (χ0v) is 15.8. The highest BCUT2D eigenvalue weighted by Gasteiger charge is 2.05. The van der Waals surface area contributed by atoms with Gasteiger partial charge in [-0.15, -0.1) is 11.3 Å². The molecule has 0 aliphatic carbocycles. The quantitative estimate of drug-likeness (QED) is 0.547. The largest absolute Gasteiger partial charge is 0.445 e. The SMILES string of the molecule is O=C(NCCSCc1csc(Cc2ccn[nH]2)n1)OCc1ccccc1. The maximum absolute atomic E-state index is 11.6. The highest BCUT2D eigenvalue weighted by Crippen LogP contribution is 2.17. The second kappa shape index (κ2) is 9.98. The molecular weight excluding hydrogens is 368 g/mol. The first-order valence-corrected chi connectivity index (χ1v) is 10.3. The third-order valence-corrected chi connectivity index (χ3v) is 5.37. The number of nitrogens with one attached hydrogen (secondary N) is 2. The molecule has 1 aromatic carbocycles. The van der Waals surface area contributed by atoms with Crippen molar-refractivity contribution in [3.05, 3.63) is 69.9 Å². The van der Waals surface area contributed by atoms with Crippen molar-refractivity contribution < 1.29 is 9.53 Å². The van der Waals surface area contributed by atoms with Gasteiger partial charge >= 0.3 is 6.09 Å². The Balaban J connectivity index is 1.27. The fraction of sp³-hybridized carbons (Fsp3) is 0.278. The van der Waals surface area contributed by atoms with E-state index in [1.54, 1.807) is 29.3 Å². The van der Waals surface area contributed by atoms with E-state index in [2.05, 4.69) is 25.9 Å². The van der Waals surface area contributed by atoms with E-state index in [0.29, 0.717) is 6.54 Å². The number of aromatic amines is 1. The molecule has 3 aromatic rings. The van der Waals surface area contributed by atoms with Gasteiger partial charge in [0.1, 0.15) is 6.61 Å². The molecule has 8 heteroatoms. The fourth-order valence-corrected chi connectivity index (χ4v) is 3.89. The second-order valence-corrected chi connectivity index (χ2v) is 7.58. The number of thioether (sulfide) groups is 1. The van der Waals surface area contributed by atoms with Gasteiger partial charge in [-0.2, -0.15) is 16.9 Å². The number of carbonyl (C=O) groups is 1. The number of H-pyrrole nitrogens is 1. The number of thiazole rings is 1. The topological polar surface area (TPSA) is 79.9 Å². The maximum atomic E-state index is 11.6. The summed E-state index contributed by atoms with van der Waals surface area (Å²) in [5.41, 5.74) is 3.12. The summed E-state index contributed by atoms with van der Waals surface area (Å²) in [6.07, 6.45) is 2.15. The molecule has 0 fully saturated rings. The lowest BCUT2D eigenvalue weighted by atomic mass is 10.2. The molecule has 2 heterocycles. The van der Waals surface area contributed by atoms with Gasteiger partial charge in [-0.1, -0.05) is 30.3 Å². The molecule has 0 atom stereocenters. The van der Waals surface area contributed by atoms with Crippen LogP contribution in [0.1, 0.15) is 22.0 Å². The van der Waals surface area contributed by atoms with Gasteiger partial charge in [-0.05, 0) is 11.6 Å². The monoisotopic (exact) mass is 388 g/mol. The van der Waals surface area contributed by atoms with E-state index >= 15 is 0 Å². The van der Waals surface area contributed by atoms with E-state index in [-0.39, 0.29) is 12.7 Å². The average Bonchev–Trinajstić information content (AvgIpc) is 3.33. The Bertz CT molecular complexity index is 791.